The van der Waals surface area contributed by atoms with Gasteiger partial charge in [0, 0.05) is 6.20 Å². The van der Waals surface area contributed by atoms with E-state index >= 15 is 0 Å². The van der Waals surface area contributed by atoms with Crippen LogP contribution in [0.2, 0.25) is 0 Å². The molecule has 0 fully saturated rings. The zero-order valence-corrected chi connectivity index (χ0v) is 24.0. The van der Waals surface area contributed by atoms with Crippen molar-refractivity contribution in [3.63, 3.8) is 0 Å². The topological polar surface area (TPSA) is 232 Å². The van der Waals surface area contributed by atoms with E-state index in [1.807, 2.05) is 34.6 Å². The highest BCUT2D eigenvalue weighted by Crippen LogP contribution is 1.82. The number of aryl methyl sites for hydroxylation is 6. The third kappa shape index (κ3) is 21.0. The number of hydrogen-bond acceptors (Lipinski definition) is 18. The van der Waals surface area contributed by atoms with Gasteiger partial charge in [0.1, 0.15) is 37.0 Å². The molecule has 0 amide bonds. The fraction of sp³-hybridized carbons (Fsp3) is 0.250. The summed E-state index contributed by atoms with van der Waals surface area (Å²) >= 11 is 0. The quantitative estimate of drug-likeness (QED) is 0.248. The Bertz CT molecular complexity index is 1110. The predicted octanol–water partition coefficient (Wildman–Crippen LogP) is 1.08. The summed E-state index contributed by atoms with van der Waals surface area (Å²) in [7, 11) is 0. The van der Waals surface area contributed by atoms with Crippen molar-refractivity contribution in [3.05, 3.63) is 109 Å². The summed E-state index contributed by atoms with van der Waals surface area (Å²) in [4.78, 5) is 22.5. The van der Waals surface area contributed by atoms with Crippen LogP contribution in [0.15, 0.2) is 74.8 Å². The molecule has 6 aromatic rings. The largest absolute Gasteiger partial charge is 0.241 e. The lowest BCUT2D eigenvalue weighted by atomic mass is 10.4. The molecule has 6 heterocycles. The summed E-state index contributed by atoms with van der Waals surface area (Å²) in [5.74, 6) is 1.47. The summed E-state index contributed by atoms with van der Waals surface area (Å²) in [5, 5.41) is 42.3. The third-order valence-electron chi connectivity index (χ3n) is 3.70. The van der Waals surface area contributed by atoms with Crippen LogP contribution in [0.25, 0.3) is 0 Å². The van der Waals surface area contributed by atoms with Gasteiger partial charge in [0.05, 0.1) is 54.3 Å². The Morgan fingerprint density at radius 2 is 1.17 bits per heavy atom. The van der Waals surface area contributed by atoms with Crippen molar-refractivity contribution in [3.8, 4) is 0 Å². The van der Waals surface area contributed by atoms with Gasteiger partial charge in [0.25, 0.3) is 0 Å². The molecule has 0 aliphatic heterocycles. The van der Waals surface area contributed by atoms with Crippen LogP contribution in [-0.4, -0.2) is 91.3 Å². The minimum atomic E-state index is 0.711. The highest BCUT2D eigenvalue weighted by molar-refractivity contribution is 4.95. The molecule has 0 saturated carbocycles. The van der Waals surface area contributed by atoms with Crippen LogP contribution in [0.5, 0.6) is 0 Å². The van der Waals surface area contributed by atoms with E-state index in [9.17, 15) is 0 Å². The van der Waals surface area contributed by atoms with Crippen LogP contribution in [0.3, 0.4) is 0 Å². The van der Waals surface area contributed by atoms with E-state index < -0.39 is 0 Å². The molecule has 0 radical (unpaired) electrons. The molecule has 6 rings (SSSR count). The van der Waals surface area contributed by atoms with Gasteiger partial charge in [-0.05, 0) is 63.6 Å². The second-order valence-electron chi connectivity index (χ2n) is 7.46. The molecule has 6 aromatic heterocycles. The van der Waals surface area contributed by atoms with Crippen molar-refractivity contribution < 1.29 is 0 Å². The van der Waals surface area contributed by atoms with Gasteiger partial charge in [-0.15, -0.1) is 35.7 Å². The fourth-order valence-corrected chi connectivity index (χ4v) is 1.82. The van der Waals surface area contributed by atoms with Gasteiger partial charge in [0.15, 0.2) is 0 Å². The standard InChI is InChI=1S/6C4H5N3/c1-4-6-2-5-3-7-4;1-4-2-6-7-3-5-4;1-4-2-5-3-6-7-4;1-4-2-5-7-6-3-4;1-4-5-2-3-6-7-4;1-4-2-3-5-7-6-4/h6*2-3H,1H3. The minimum Gasteiger partial charge on any atom is -0.241 e. The van der Waals surface area contributed by atoms with Crippen molar-refractivity contribution in [2.45, 2.75) is 41.5 Å². The maximum atomic E-state index is 3.81. The van der Waals surface area contributed by atoms with E-state index in [0.717, 1.165) is 28.5 Å². The van der Waals surface area contributed by atoms with Crippen molar-refractivity contribution in [1.82, 2.24) is 91.3 Å². The lowest BCUT2D eigenvalue weighted by molar-refractivity contribution is 0.839. The SMILES string of the molecule is Cc1ccnnn1.Cc1cncnn1.Cc1cnncn1.Cc1cnnnc1.Cc1nccnn1.Cc1ncncn1. The molecule has 0 atom stereocenters. The Morgan fingerprint density at radius 3 is 1.45 bits per heavy atom. The van der Waals surface area contributed by atoms with E-state index in [2.05, 4.69) is 91.3 Å². The average molecular weight is 571 g/mol. The molecule has 42 heavy (non-hydrogen) atoms. The first-order chi connectivity index (χ1) is 20.4. The summed E-state index contributed by atoms with van der Waals surface area (Å²) in [6, 6.07) is 1.80. The summed E-state index contributed by atoms with van der Waals surface area (Å²) in [6.45, 7) is 11.1. The van der Waals surface area contributed by atoms with E-state index in [0.29, 0.717) is 5.82 Å². The first-order valence-electron chi connectivity index (χ1n) is 11.9. The Hall–Kier alpha value is -5.94. The summed E-state index contributed by atoms with van der Waals surface area (Å²) < 4.78 is 0. The van der Waals surface area contributed by atoms with Crippen LogP contribution < -0.4 is 0 Å². The predicted molar refractivity (Wildman–Crippen MR) is 147 cm³/mol. The molecule has 0 aliphatic rings. The normalized spacial score (nSPS) is 8.71. The number of hydrogen-bond donors (Lipinski definition) is 0. The minimum absolute atomic E-state index is 0.711. The van der Waals surface area contributed by atoms with Gasteiger partial charge in [-0.25, -0.2) is 29.9 Å². The van der Waals surface area contributed by atoms with Gasteiger partial charge < -0.3 is 0 Å². The molecule has 0 saturated heterocycles. The molecule has 216 valence electrons. The molecule has 0 aliphatic carbocycles. The van der Waals surface area contributed by atoms with Crippen molar-refractivity contribution in [2.24, 2.45) is 0 Å². The molecule has 0 bridgehead atoms. The average Bonchev–Trinajstić information content (AvgIpc) is 3.01. The third-order valence-corrected chi connectivity index (χ3v) is 3.70. The van der Waals surface area contributed by atoms with Gasteiger partial charge in [0.2, 0.25) is 0 Å². The summed E-state index contributed by atoms with van der Waals surface area (Å²) in [6.07, 6.45) is 17.2. The van der Waals surface area contributed by atoms with Gasteiger partial charge in [-0.1, -0.05) is 0 Å². The van der Waals surface area contributed by atoms with E-state index in [1.165, 1.54) is 25.3 Å². The Morgan fingerprint density at radius 1 is 0.405 bits per heavy atom. The molecule has 0 spiro atoms. The van der Waals surface area contributed by atoms with E-state index in [-0.39, 0.29) is 0 Å². The highest BCUT2D eigenvalue weighted by Gasteiger charge is 1.79. The van der Waals surface area contributed by atoms with E-state index in [4.69, 9.17) is 0 Å². The van der Waals surface area contributed by atoms with Gasteiger partial charge in [-0.2, -0.15) is 15.3 Å². The number of rotatable bonds is 0. The second-order valence-corrected chi connectivity index (χ2v) is 7.46. The molecular formula is C24H30N18. The number of aromatic nitrogens is 18. The van der Waals surface area contributed by atoms with Crippen molar-refractivity contribution in [1.29, 1.82) is 0 Å². The molecular weight excluding hydrogens is 540 g/mol. The maximum Gasteiger partial charge on any atom is 0.147 e. The van der Waals surface area contributed by atoms with Gasteiger partial charge >= 0.3 is 0 Å². The second kappa shape index (κ2) is 23.0. The fourth-order valence-electron chi connectivity index (χ4n) is 1.82. The van der Waals surface area contributed by atoms with Crippen LogP contribution in [-0.2, 0) is 0 Å². The molecule has 0 N–H and O–H groups in total. The molecule has 0 aromatic carbocycles. The smallest absolute Gasteiger partial charge is 0.147 e. The molecule has 18 heteroatoms. The molecule has 0 unspecified atom stereocenters. The Kier molecular flexibility index (Phi) is 18.7. The highest BCUT2D eigenvalue weighted by atomic mass is 15.3. The van der Waals surface area contributed by atoms with Gasteiger partial charge in [-0.3, -0.25) is 0 Å². The van der Waals surface area contributed by atoms with E-state index in [1.54, 1.807) is 56.4 Å². The molecule has 18 nitrogen and oxygen atoms in total. The Balaban J connectivity index is 0.000000252. The summed E-state index contributed by atoms with van der Waals surface area (Å²) in [5.41, 5.74) is 3.68. The zero-order chi connectivity index (χ0) is 30.7. The van der Waals surface area contributed by atoms with Crippen LogP contribution in [0.4, 0.5) is 0 Å². The first kappa shape index (κ1) is 34.1. The lowest BCUT2D eigenvalue weighted by Crippen LogP contribution is -1.85. The monoisotopic (exact) mass is 570 g/mol. The van der Waals surface area contributed by atoms with Crippen molar-refractivity contribution >= 4 is 0 Å². The number of nitrogens with zero attached hydrogens (tertiary/aromatic N) is 18. The van der Waals surface area contributed by atoms with Crippen molar-refractivity contribution in [2.75, 3.05) is 0 Å². The lowest BCUT2D eigenvalue weighted by Gasteiger charge is -1.80. The zero-order valence-electron chi connectivity index (χ0n) is 24.0. The van der Waals surface area contributed by atoms with Crippen LogP contribution in [0, 0.1) is 41.5 Å². The first-order valence-corrected chi connectivity index (χ1v) is 11.9. The van der Waals surface area contributed by atoms with Crippen LogP contribution >= 0.6 is 0 Å². The maximum absolute atomic E-state index is 3.81. The Labute approximate surface area is 242 Å². The van der Waals surface area contributed by atoms with Crippen LogP contribution in [0.1, 0.15) is 34.3 Å².